The second-order valence-corrected chi connectivity index (χ2v) is 7.84. The third-order valence-electron chi connectivity index (χ3n) is 4.33. The van der Waals surface area contributed by atoms with Crippen LogP contribution >= 0.6 is 12.4 Å². The van der Waals surface area contributed by atoms with E-state index in [4.69, 9.17) is 5.26 Å². The standard InChI is InChI=1S/C18H18FN3O2S.ClH/c1-13-5-6-14(11-20)9-18(13)25(23,24)22-8-7-21-12-17(22)15-3-2-4-16(19)10-15;/h2-6,9-10,17,21H,7-8,12H2,1H3;1H. The van der Waals surface area contributed by atoms with Gasteiger partial charge in [0.05, 0.1) is 22.6 Å². The minimum absolute atomic E-state index is 0. The zero-order valence-electron chi connectivity index (χ0n) is 14.1. The first-order chi connectivity index (χ1) is 11.9. The zero-order valence-corrected chi connectivity index (χ0v) is 15.8. The number of nitrogens with one attached hydrogen (secondary N) is 1. The average Bonchev–Trinajstić information content (AvgIpc) is 2.62. The molecule has 1 fully saturated rings. The first-order valence-corrected chi connectivity index (χ1v) is 9.36. The van der Waals surface area contributed by atoms with Crippen LogP contribution in [0.1, 0.15) is 22.7 Å². The molecule has 1 aliphatic heterocycles. The molecule has 2 aromatic rings. The average molecular weight is 396 g/mol. The van der Waals surface area contributed by atoms with Crippen molar-refractivity contribution >= 4 is 22.4 Å². The Morgan fingerprint density at radius 2 is 2.04 bits per heavy atom. The van der Waals surface area contributed by atoms with Gasteiger partial charge in [-0.15, -0.1) is 12.4 Å². The summed E-state index contributed by atoms with van der Waals surface area (Å²) in [6, 6.07) is 12.1. The molecule has 0 saturated carbocycles. The maximum absolute atomic E-state index is 13.6. The summed E-state index contributed by atoms with van der Waals surface area (Å²) in [6.07, 6.45) is 0. The number of benzene rings is 2. The van der Waals surface area contributed by atoms with Gasteiger partial charge in [0.1, 0.15) is 5.82 Å². The van der Waals surface area contributed by atoms with Gasteiger partial charge in [0.25, 0.3) is 0 Å². The first-order valence-electron chi connectivity index (χ1n) is 7.92. The Labute approximate surface area is 158 Å². The summed E-state index contributed by atoms with van der Waals surface area (Å²) in [5.41, 5.74) is 1.47. The molecule has 1 aliphatic rings. The van der Waals surface area contributed by atoms with Crippen molar-refractivity contribution in [3.05, 3.63) is 65.0 Å². The second kappa shape index (κ2) is 8.14. The third kappa shape index (κ3) is 3.89. The topological polar surface area (TPSA) is 73.2 Å². The molecule has 0 spiro atoms. The molecular weight excluding hydrogens is 377 g/mol. The van der Waals surface area contributed by atoms with Gasteiger partial charge < -0.3 is 5.32 Å². The van der Waals surface area contributed by atoms with E-state index < -0.39 is 21.9 Å². The Bertz CT molecular complexity index is 944. The molecule has 0 radical (unpaired) electrons. The van der Waals surface area contributed by atoms with Gasteiger partial charge in [-0.3, -0.25) is 0 Å². The normalized spacial score (nSPS) is 18.0. The summed E-state index contributed by atoms with van der Waals surface area (Å²) in [6.45, 7) is 2.90. The number of halogens is 2. The fourth-order valence-corrected chi connectivity index (χ4v) is 4.91. The molecule has 0 aromatic heterocycles. The van der Waals surface area contributed by atoms with E-state index in [2.05, 4.69) is 5.32 Å². The lowest BCUT2D eigenvalue weighted by Gasteiger charge is -2.35. The Hall–Kier alpha value is -1.98. The SMILES string of the molecule is Cc1ccc(C#N)cc1S(=O)(=O)N1CCNCC1c1cccc(F)c1.Cl. The molecule has 1 atom stereocenters. The number of aryl methyl sites for hydroxylation is 1. The fraction of sp³-hybridized carbons (Fsp3) is 0.278. The van der Waals surface area contributed by atoms with E-state index in [1.54, 1.807) is 31.2 Å². The molecule has 26 heavy (non-hydrogen) atoms. The predicted molar refractivity (Wildman–Crippen MR) is 99.0 cm³/mol. The Kier molecular flexibility index (Phi) is 6.37. The molecule has 0 aliphatic carbocycles. The first kappa shape index (κ1) is 20.3. The van der Waals surface area contributed by atoms with Crippen LogP contribution in [0.25, 0.3) is 0 Å². The molecule has 1 N–H and O–H groups in total. The van der Waals surface area contributed by atoms with Crippen molar-refractivity contribution in [3.63, 3.8) is 0 Å². The van der Waals surface area contributed by atoms with Gasteiger partial charge in [-0.2, -0.15) is 9.57 Å². The van der Waals surface area contributed by atoms with Crippen LogP contribution in [-0.4, -0.2) is 32.4 Å². The van der Waals surface area contributed by atoms with Crippen molar-refractivity contribution in [3.8, 4) is 6.07 Å². The highest BCUT2D eigenvalue weighted by Gasteiger charge is 2.35. The minimum atomic E-state index is -3.82. The van der Waals surface area contributed by atoms with Crippen LogP contribution in [0.5, 0.6) is 0 Å². The van der Waals surface area contributed by atoms with Crippen LogP contribution in [0.15, 0.2) is 47.4 Å². The van der Waals surface area contributed by atoms with E-state index in [9.17, 15) is 12.8 Å². The number of hydrogen-bond donors (Lipinski definition) is 1. The summed E-state index contributed by atoms with van der Waals surface area (Å²) >= 11 is 0. The third-order valence-corrected chi connectivity index (χ3v) is 6.38. The molecule has 2 aromatic carbocycles. The van der Waals surface area contributed by atoms with Crippen LogP contribution in [0.4, 0.5) is 4.39 Å². The Morgan fingerprint density at radius 1 is 1.27 bits per heavy atom. The van der Waals surface area contributed by atoms with E-state index in [1.165, 1.54) is 22.5 Å². The maximum Gasteiger partial charge on any atom is 0.244 e. The van der Waals surface area contributed by atoms with Crippen molar-refractivity contribution in [2.75, 3.05) is 19.6 Å². The van der Waals surface area contributed by atoms with Crippen molar-refractivity contribution < 1.29 is 12.8 Å². The van der Waals surface area contributed by atoms with Gasteiger partial charge in [0.2, 0.25) is 10.0 Å². The zero-order chi connectivity index (χ0) is 18.0. The summed E-state index contributed by atoms with van der Waals surface area (Å²) in [5.74, 6) is -0.400. The number of nitriles is 1. The molecule has 0 bridgehead atoms. The quantitative estimate of drug-likeness (QED) is 0.867. The number of sulfonamides is 1. The molecule has 5 nitrogen and oxygen atoms in total. The van der Waals surface area contributed by atoms with Gasteiger partial charge in [0, 0.05) is 19.6 Å². The van der Waals surface area contributed by atoms with Crippen LogP contribution in [0, 0.1) is 24.1 Å². The summed E-state index contributed by atoms with van der Waals surface area (Å²) in [5, 5.41) is 12.2. The number of nitrogens with zero attached hydrogens (tertiary/aromatic N) is 2. The van der Waals surface area contributed by atoms with E-state index in [1.807, 2.05) is 6.07 Å². The molecule has 1 heterocycles. The van der Waals surface area contributed by atoms with Crippen molar-refractivity contribution in [2.24, 2.45) is 0 Å². The van der Waals surface area contributed by atoms with Crippen molar-refractivity contribution in [1.82, 2.24) is 9.62 Å². The van der Waals surface area contributed by atoms with E-state index >= 15 is 0 Å². The lowest BCUT2D eigenvalue weighted by Crippen LogP contribution is -2.48. The van der Waals surface area contributed by atoms with Crippen molar-refractivity contribution in [2.45, 2.75) is 17.9 Å². The summed E-state index contributed by atoms with van der Waals surface area (Å²) in [4.78, 5) is 0.120. The monoisotopic (exact) mass is 395 g/mol. The van der Waals surface area contributed by atoms with Gasteiger partial charge in [0.15, 0.2) is 0 Å². The Balaban J connectivity index is 0.00000243. The lowest BCUT2D eigenvalue weighted by atomic mass is 10.1. The largest absolute Gasteiger partial charge is 0.313 e. The predicted octanol–water partition coefficient (Wildman–Crippen LogP) is 2.76. The maximum atomic E-state index is 13.6. The molecule has 138 valence electrons. The molecule has 3 rings (SSSR count). The molecular formula is C18H19ClFN3O2S. The highest BCUT2D eigenvalue weighted by Crippen LogP contribution is 2.30. The molecule has 8 heteroatoms. The summed E-state index contributed by atoms with van der Waals surface area (Å²) in [7, 11) is -3.82. The molecule has 1 unspecified atom stereocenters. The van der Waals surface area contributed by atoms with E-state index in [0.29, 0.717) is 29.8 Å². The second-order valence-electron chi connectivity index (χ2n) is 5.98. The minimum Gasteiger partial charge on any atom is -0.313 e. The smallest absolute Gasteiger partial charge is 0.244 e. The Morgan fingerprint density at radius 3 is 2.73 bits per heavy atom. The highest BCUT2D eigenvalue weighted by atomic mass is 35.5. The lowest BCUT2D eigenvalue weighted by molar-refractivity contribution is 0.271. The van der Waals surface area contributed by atoms with Crippen LogP contribution in [0.3, 0.4) is 0 Å². The number of rotatable bonds is 3. The molecule has 1 saturated heterocycles. The molecule has 0 amide bonds. The fourth-order valence-electron chi connectivity index (χ4n) is 3.05. The number of hydrogen-bond acceptors (Lipinski definition) is 4. The summed E-state index contributed by atoms with van der Waals surface area (Å²) < 4.78 is 41.5. The van der Waals surface area contributed by atoms with E-state index in [0.717, 1.165) is 0 Å². The van der Waals surface area contributed by atoms with Gasteiger partial charge >= 0.3 is 0 Å². The van der Waals surface area contributed by atoms with Gasteiger partial charge in [-0.25, -0.2) is 12.8 Å². The van der Waals surface area contributed by atoms with Gasteiger partial charge in [-0.05, 0) is 42.3 Å². The van der Waals surface area contributed by atoms with Crippen LogP contribution in [-0.2, 0) is 10.0 Å². The number of piperazine rings is 1. The van der Waals surface area contributed by atoms with Crippen LogP contribution < -0.4 is 5.32 Å². The van der Waals surface area contributed by atoms with Crippen LogP contribution in [0.2, 0.25) is 0 Å². The van der Waals surface area contributed by atoms with Crippen molar-refractivity contribution in [1.29, 1.82) is 5.26 Å². The highest BCUT2D eigenvalue weighted by molar-refractivity contribution is 7.89. The van der Waals surface area contributed by atoms with Gasteiger partial charge in [-0.1, -0.05) is 18.2 Å². The van der Waals surface area contributed by atoms with E-state index in [-0.39, 0.29) is 23.8 Å².